The van der Waals surface area contributed by atoms with E-state index in [1.165, 1.54) is 12.1 Å². The normalized spacial score (nSPS) is 20.6. The molecule has 2 heterocycles. The third-order valence-corrected chi connectivity index (χ3v) is 7.25. The third kappa shape index (κ3) is 6.90. The van der Waals surface area contributed by atoms with Crippen LogP contribution in [-0.4, -0.2) is 72.3 Å². The van der Waals surface area contributed by atoms with Crippen LogP contribution in [0.5, 0.6) is 5.75 Å². The second-order valence-electron chi connectivity index (χ2n) is 11.0. The molecule has 0 spiro atoms. The van der Waals surface area contributed by atoms with Crippen molar-refractivity contribution in [3.63, 3.8) is 0 Å². The Bertz CT molecular complexity index is 1270. The quantitative estimate of drug-likeness (QED) is 0.538. The Morgan fingerprint density at radius 3 is 2.51 bits per heavy atom. The van der Waals surface area contributed by atoms with Crippen LogP contribution in [0, 0.1) is 23.1 Å². The lowest BCUT2D eigenvalue weighted by Gasteiger charge is -2.34. The van der Waals surface area contributed by atoms with Crippen molar-refractivity contribution in [3.8, 4) is 22.9 Å². The van der Waals surface area contributed by atoms with Crippen molar-refractivity contribution in [2.45, 2.75) is 51.0 Å². The van der Waals surface area contributed by atoms with Gasteiger partial charge in [-0.2, -0.15) is 5.26 Å². The van der Waals surface area contributed by atoms with Gasteiger partial charge in [-0.1, -0.05) is 6.07 Å². The minimum atomic E-state index is -1.41. The van der Waals surface area contributed by atoms with Crippen LogP contribution >= 0.6 is 0 Å². The number of nitrogens with zero attached hydrogens (tertiary/aromatic N) is 3. The SMILES string of the molecule is CC(C)(F)CN1CCC(COc2ccc(-c3ccc(C(=O)N4C[C@@H](F)C[C@H]4C(N)=O)c(F)c3)c(C#N)c2)CC1. The summed E-state index contributed by atoms with van der Waals surface area (Å²) in [6, 6.07) is 9.85. The van der Waals surface area contributed by atoms with Crippen LogP contribution in [0.4, 0.5) is 13.2 Å². The molecule has 2 N–H and O–H groups in total. The maximum absolute atomic E-state index is 15.0. The van der Waals surface area contributed by atoms with Crippen molar-refractivity contribution >= 4 is 11.8 Å². The number of ether oxygens (including phenoxy) is 1. The van der Waals surface area contributed by atoms with E-state index in [1.807, 2.05) is 0 Å². The molecule has 0 bridgehead atoms. The highest BCUT2D eigenvalue weighted by Crippen LogP contribution is 2.31. The van der Waals surface area contributed by atoms with Gasteiger partial charge in [0.05, 0.1) is 30.3 Å². The number of rotatable bonds is 8. The zero-order chi connectivity index (χ0) is 28.3. The van der Waals surface area contributed by atoms with Crippen molar-refractivity contribution in [2.75, 3.05) is 32.8 Å². The number of amides is 2. The first-order valence-corrected chi connectivity index (χ1v) is 13.1. The summed E-state index contributed by atoms with van der Waals surface area (Å²) in [5, 5.41) is 9.73. The average molecular weight is 543 g/mol. The Labute approximate surface area is 226 Å². The zero-order valence-electron chi connectivity index (χ0n) is 22.1. The smallest absolute Gasteiger partial charge is 0.257 e. The van der Waals surface area contributed by atoms with Crippen LogP contribution in [0.25, 0.3) is 11.1 Å². The molecule has 0 saturated carbocycles. The minimum Gasteiger partial charge on any atom is -0.493 e. The molecule has 2 aliphatic rings. The monoisotopic (exact) mass is 542 g/mol. The van der Waals surface area contributed by atoms with Gasteiger partial charge in [0.1, 0.15) is 29.4 Å². The molecule has 2 fully saturated rings. The number of primary amides is 1. The Morgan fingerprint density at radius 1 is 1.18 bits per heavy atom. The first-order valence-electron chi connectivity index (χ1n) is 13.1. The number of benzene rings is 2. The van der Waals surface area contributed by atoms with Crippen LogP contribution in [0.3, 0.4) is 0 Å². The van der Waals surface area contributed by atoms with E-state index in [0.29, 0.717) is 35.9 Å². The van der Waals surface area contributed by atoms with Crippen molar-refractivity contribution in [1.29, 1.82) is 5.26 Å². The predicted molar refractivity (Wildman–Crippen MR) is 140 cm³/mol. The number of carbonyl (C=O) groups is 2. The fraction of sp³-hybridized carbons (Fsp3) is 0.483. The fourth-order valence-electron chi connectivity index (χ4n) is 5.30. The summed E-state index contributed by atoms with van der Waals surface area (Å²) in [6.07, 6.45) is 0.173. The average Bonchev–Trinajstić information content (AvgIpc) is 3.29. The second-order valence-corrected chi connectivity index (χ2v) is 11.0. The van der Waals surface area contributed by atoms with Crippen LogP contribution in [0.1, 0.15) is 49.0 Å². The van der Waals surface area contributed by atoms with E-state index >= 15 is 4.39 Å². The van der Waals surface area contributed by atoms with E-state index in [9.17, 15) is 23.6 Å². The molecular formula is C29H33F3N4O3. The van der Waals surface area contributed by atoms with Gasteiger partial charge >= 0.3 is 0 Å². The Hall–Kier alpha value is -3.58. The van der Waals surface area contributed by atoms with Gasteiger partial charge in [0, 0.05) is 13.0 Å². The lowest BCUT2D eigenvalue weighted by atomic mass is 9.96. The molecule has 0 aliphatic carbocycles. The van der Waals surface area contributed by atoms with Gasteiger partial charge < -0.3 is 20.3 Å². The predicted octanol–water partition coefficient (Wildman–Crippen LogP) is 4.24. The number of piperidine rings is 1. The molecule has 7 nitrogen and oxygen atoms in total. The summed E-state index contributed by atoms with van der Waals surface area (Å²) < 4.78 is 48.7. The summed E-state index contributed by atoms with van der Waals surface area (Å²) in [4.78, 5) is 27.6. The summed E-state index contributed by atoms with van der Waals surface area (Å²) in [6.45, 7) is 5.34. The number of alkyl halides is 2. The Balaban J connectivity index is 1.42. The zero-order valence-corrected chi connectivity index (χ0v) is 22.1. The van der Waals surface area contributed by atoms with Gasteiger partial charge in [0.15, 0.2) is 0 Å². The topological polar surface area (TPSA) is 99.7 Å². The second kappa shape index (κ2) is 11.7. The van der Waals surface area contributed by atoms with Crippen LogP contribution in [0.15, 0.2) is 36.4 Å². The summed E-state index contributed by atoms with van der Waals surface area (Å²) in [7, 11) is 0. The summed E-state index contributed by atoms with van der Waals surface area (Å²) in [5.41, 5.74) is 4.88. The number of carbonyl (C=O) groups excluding carboxylic acids is 2. The number of hydrogen-bond donors (Lipinski definition) is 1. The molecule has 10 heteroatoms. The molecule has 2 atom stereocenters. The molecule has 208 valence electrons. The summed E-state index contributed by atoms with van der Waals surface area (Å²) >= 11 is 0. The molecule has 39 heavy (non-hydrogen) atoms. The first-order chi connectivity index (χ1) is 18.4. The van der Waals surface area contributed by atoms with Gasteiger partial charge in [-0.15, -0.1) is 0 Å². The van der Waals surface area contributed by atoms with E-state index in [-0.39, 0.29) is 24.1 Å². The van der Waals surface area contributed by atoms with Gasteiger partial charge in [0.25, 0.3) is 5.91 Å². The number of nitrogens with two attached hydrogens (primary N) is 1. The molecule has 2 aromatic carbocycles. The Kier molecular flexibility index (Phi) is 8.50. The third-order valence-electron chi connectivity index (χ3n) is 7.25. The largest absolute Gasteiger partial charge is 0.493 e. The lowest BCUT2D eigenvalue weighted by molar-refractivity contribution is -0.121. The highest BCUT2D eigenvalue weighted by Gasteiger charge is 2.39. The fourth-order valence-corrected chi connectivity index (χ4v) is 5.30. The maximum Gasteiger partial charge on any atom is 0.257 e. The van der Waals surface area contributed by atoms with Crippen molar-refractivity contribution < 1.29 is 27.5 Å². The molecule has 0 aromatic heterocycles. The highest BCUT2D eigenvalue weighted by molar-refractivity contribution is 5.98. The number of likely N-dealkylation sites (tertiary alicyclic amines) is 2. The van der Waals surface area contributed by atoms with E-state index in [1.54, 1.807) is 32.0 Å². The van der Waals surface area contributed by atoms with E-state index < -0.39 is 35.5 Å². The van der Waals surface area contributed by atoms with Crippen LogP contribution < -0.4 is 10.5 Å². The lowest BCUT2D eigenvalue weighted by Crippen LogP contribution is -2.44. The summed E-state index contributed by atoms with van der Waals surface area (Å²) in [5.74, 6) is -1.66. The molecule has 2 aromatic rings. The van der Waals surface area contributed by atoms with Crippen molar-refractivity contribution in [2.24, 2.45) is 11.7 Å². The number of nitriles is 1. The molecule has 0 unspecified atom stereocenters. The van der Waals surface area contributed by atoms with Crippen molar-refractivity contribution in [1.82, 2.24) is 9.80 Å². The first kappa shape index (κ1) is 28.4. The molecule has 2 amide bonds. The van der Waals surface area contributed by atoms with Crippen molar-refractivity contribution in [3.05, 3.63) is 53.3 Å². The standard InChI is InChI=1S/C29H33F3N4O3/c1-29(2,32)17-35-9-7-18(8-10-35)16-39-22-4-6-23(20(11-22)14-33)19-3-5-24(25(31)12-19)28(38)36-15-21(30)13-26(36)27(34)37/h3-6,11-12,18,21,26H,7-10,13,15-17H2,1-2H3,(H2,34,37)/t21-,26-/m0/s1. The molecule has 2 saturated heterocycles. The van der Waals surface area contributed by atoms with Gasteiger partial charge in [0.2, 0.25) is 5.91 Å². The molecule has 4 rings (SSSR count). The van der Waals surface area contributed by atoms with Gasteiger partial charge in [-0.25, -0.2) is 13.2 Å². The maximum atomic E-state index is 15.0. The minimum absolute atomic E-state index is 0.211. The highest BCUT2D eigenvalue weighted by atomic mass is 19.1. The number of halogens is 3. The van der Waals surface area contributed by atoms with Crippen LogP contribution in [-0.2, 0) is 4.79 Å². The van der Waals surface area contributed by atoms with E-state index in [0.717, 1.165) is 36.9 Å². The van der Waals surface area contributed by atoms with E-state index in [4.69, 9.17) is 10.5 Å². The van der Waals surface area contributed by atoms with Gasteiger partial charge in [-0.3, -0.25) is 9.59 Å². The van der Waals surface area contributed by atoms with Gasteiger partial charge in [-0.05, 0) is 87.2 Å². The van der Waals surface area contributed by atoms with Crippen LogP contribution in [0.2, 0.25) is 0 Å². The molecular weight excluding hydrogens is 509 g/mol. The van der Waals surface area contributed by atoms with E-state index in [2.05, 4.69) is 11.0 Å². The molecule has 2 aliphatic heterocycles. The Morgan fingerprint density at radius 2 is 1.90 bits per heavy atom. The molecule has 0 radical (unpaired) electrons. The number of hydrogen-bond acceptors (Lipinski definition) is 5.